The van der Waals surface area contributed by atoms with Gasteiger partial charge in [-0.3, -0.25) is 4.89 Å². The van der Waals surface area contributed by atoms with Crippen LogP contribution in [0.4, 0.5) is 4.39 Å². The molecule has 0 aromatic heterocycles. The van der Waals surface area contributed by atoms with Crippen molar-refractivity contribution in [3.63, 3.8) is 0 Å². The van der Waals surface area contributed by atoms with Gasteiger partial charge in [-0.05, 0) is 0 Å². The molecule has 0 spiro atoms. The number of aliphatic hydroxyl groups is 3. The standard InChI is InChI=1S/C13H15FO8/c14-9-10(17)7(12-18-1-2-19-12)3-8-11(9)21-22-13(8)20-5-6(16)4-15/h6,12,15-17H,1-5H2/t6-/m1/s1. The molecule has 2 heterocycles. The molecule has 2 aliphatic heterocycles. The van der Waals surface area contributed by atoms with Crippen LogP contribution in [0.25, 0.3) is 0 Å². The van der Waals surface area contributed by atoms with Crippen molar-refractivity contribution in [3.8, 4) is 0 Å². The third-order valence-electron chi connectivity index (χ3n) is 3.32. The van der Waals surface area contributed by atoms with E-state index in [-0.39, 0.29) is 35.9 Å². The van der Waals surface area contributed by atoms with Crippen LogP contribution in [0.15, 0.2) is 34.4 Å². The summed E-state index contributed by atoms with van der Waals surface area (Å²) in [5.41, 5.74) is 0.432. The summed E-state index contributed by atoms with van der Waals surface area (Å²) in [6, 6.07) is 0. The maximum atomic E-state index is 14.2. The van der Waals surface area contributed by atoms with Gasteiger partial charge in [0.1, 0.15) is 12.7 Å². The van der Waals surface area contributed by atoms with Gasteiger partial charge < -0.3 is 29.5 Å². The molecule has 3 N–H and O–H groups in total. The van der Waals surface area contributed by atoms with Crippen LogP contribution in [0.1, 0.15) is 6.42 Å². The van der Waals surface area contributed by atoms with Gasteiger partial charge in [-0.15, -0.1) is 0 Å². The Morgan fingerprint density at radius 2 is 2.00 bits per heavy atom. The summed E-state index contributed by atoms with van der Waals surface area (Å²) in [4.78, 5) is 9.49. The van der Waals surface area contributed by atoms with Gasteiger partial charge in [-0.2, -0.15) is 4.39 Å². The summed E-state index contributed by atoms with van der Waals surface area (Å²) in [6.07, 6.45) is -1.91. The molecule has 1 atom stereocenters. The molecule has 0 aromatic rings. The number of allylic oxidation sites excluding steroid dienone is 2. The summed E-state index contributed by atoms with van der Waals surface area (Å²) in [6.45, 7) is -0.0548. The fraction of sp³-hybridized carbons (Fsp3) is 0.538. The van der Waals surface area contributed by atoms with Crippen LogP contribution >= 0.6 is 0 Å². The number of ether oxygens (including phenoxy) is 3. The minimum absolute atomic E-state index is 0.0454. The molecule has 0 radical (unpaired) electrons. The first kappa shape index (κ1) is 15.1. The van der Waals surface area contributed by atoms with E-state index in [0.29, 0.717) is 13.2 Å². The second-order valence-electron chi connectivity index (χ2n) is 4.85. The van der Waals surface area contributed by atoms with Crippen molar-refractivity contribution < 1.29 is 43.7 Å². The normalized spacial score (nSPS) is 23.6. The lowest BCUT2D eigenvalue weighted by molar-refractivity contribution is -0.244. The maximum Gasteiger partial charge on any atom is 0.338 e. The van der Waals surface area contributed by atoms with E-state index < -0.39 is 30.6 Å². The lowest BCUT2D eigenvalue weighted by Crippen LogP contribution is -2.20. The molecule has 22 heavy (non-hydrogen) atoms. The van der Waals surface area contributed by atoms with E-state index in [9.17, 15) is 14.6 Å². The van der Waals surface area contributed by atoms with Gasteiger partial charge in [0, 0.05) is 12.0 Å². The molecular weight excluding hydrogens is 303 g/mol. The number of rotatable bonds is 5. The number of aliphatic hydroxyl groups excluding tert-OH is 3. The van der Waals surface area contributed by atoms with Gasteiger partial charge in [0.2, 0.25) is 11.6 Å². The Kier molecular flexibility index (Phi) is 4.21. The second-order valence-corrected chi connectivity index (χ2v) is 4.85. The largest absolute Gasteiger partial charge is 0.505 e. The third kappa shape index (κ3) is 2.63. The van der Waals surface area contributed by atoms with E-state index in [1.54, 1.807) is 0 Å². The number of fused-ring (bicyclic) bond motifs is 1. The molecule has 0 bridgehead atoms. The molecule has 3 aliphatic rings. The number of halogens is 1. The van der Waals surface area contributed by atoms with Gasteiger partial charge in [0.25, 0.3) is 0 Å². The molecule has 3 rings (SSSR count). The predicted molar refractivity (Wildman–Crippen MR) is 66.3 cm³/mol. The van der Waals surface area contributed by atoms with E-state index in [4.69, 9.17) is 29.1 Å². The minimum Gasteiger partial charge on any atom is -0.505 e. The molecule has 1 saturated heterocycles. The Labute approximate surface area is 124 Å². The molecule has 1 fully saturated rings. The average Bonchev–Trinajstić information content (AvgIpc) is 3.17. The predicted octanol–water partition coefficient (Wildman–Crippen LogP) is 0.299. The average molecular weight is 318 g/mol. The van der Waals surface area contributed by atoms with Gasteiger partial charge in [-0.25, -0.2) is 4.89 Å². The molecule has 0 saturated carbocycles. The van der Waals surface area contributed by atoms with Crippen LogP contribution in [0.2, 0.25) is 0 Å². The topological polar surface area (TPSA) is 107 Å². The Hall–Kier alpha value is -1.81. The molecule has 8 nitrogen and oxygen atoms in total. The quantitative estimate of drug-likeness (QED) is 0.621. The van der Waals surface area contributed by atoms with Crippen molar-refractivity contribution in [1.82, 2.24) is 0 Å². The Morgan fingerprint density at radius 1 is 1.27 bits per heavy atom. The summed E-state index contributed by atoms with van der Waals surface area (Å²) in [5.74, 6) is -2.03. The maximum absolute atomic E-state index is 14.2. The lowest BCUT2D eigenvalue weighted by Gasteiger charge is -2.19. The van der Waals surface area contributed by atoms with E-state index >= 15 is 0 Å². The van der Waals surface area contributed by atoms with E-state index in [2.05, 4.69) is 0 Å². The molecule has 9 heteroatoms. The molecule has 0 unspecified atom stereocenters. The summed E-state index contributed by atoms with van der Waals surface area (Å²) in [7, 11) is 0. The van der Waals surface area contributed by atoms with Crippen LogP contribution in [-0.2, 0) is 24.0 Å². The van der Waals surface area contributed by atoms with Crippen LogP contribution in [0.3, 0.4) is 0 Å². The Morgan fingerprint density at radius 3 is 2.68 bits per heavy atom. The monoisotopic (exact) mass is 318 g/mol. The molecule has 0 aromatic carbocycles. The zero-order valence-electron chi connectivity index (χ0n) is 11.5. The Balaban J connectivity index is 1.83. The summed E-state index contributed by atoms with van der Waals surface area (Å²) < 4.78 is 29.8. The molecule has 122 valence electrons. The smallest absolute Gasteiger partial charge is 0.338 e. The first-order chi connectivity index (χ1) is 10.6. The highest BCUT2D eigenvalue weighted by molar-refractivity contribution is 5.47. The fourth-order valence-corrected chi connectivity index (χ4v) is 2.21. The van der Waals surface area contributed by atoms with Crippen LogP contribution in [0.5, 0.6) is 0 Å². The third-order valence-corrected chi connectivity index (χ3v) is 3.32. The van der Waals surface area contributed by atoms with E-state index in [1.165, 1.54) is 0 Å². The van der Waals surface area contributed by atoms with Crippen LogP contribution < -0.4 is 0 Å². The van der Waals surface area contributed by atoms with Crippen LogP contribution in [0, 0.1) is 0 Å². The van der Waals surface area contributed by atoms with E-state index in [1.807, 2.05) is 0 Å². The Bertz CT molecular complexity index is 546. The van der Waals surface area contributed by atoms with Crippen molar-refractivity contribution in [2.45, 2.75) is 18.8 Å². The SMILES string of the molecule is OC[C@@H](O)COC1=C2CC(C3OCCO3)=C(O)C(F)=C2OO1. The van der Waals surface area contributed by atoms with Gasteiger partial charge in [0.05, 0.1) is 25.4 Å². The van der Waals surface area contributed by atoms with Gasteiger partial charge >= 0.3 is 5.95 Å². The fourth-order valence-electron chi connectivity index (χ4n) is 2.21. The number of hydrogen-bond donors (Lipinski definition) is 3. The highest BCUT2D eigenvalue weighted by Gasteiger charge is 2.40. The lowest BCUT2D eigenvalue weighted by atomic mass is 9.96. The van der Waals surface area contributed by atoms with Crippen molar-refractivity contribution in [2.75, 3.05) is 26.4 Å². The highest BCUT2D eigenvalue weighted by Crippen LogP contribution is 2.42. The van der Waals surface area contributed by atoms with Crippen molar-refractivity contribution in [1.29, 1.82) is 0 Å². The van der Waals surface area contributed by atoms with Gasteiger partial charge in [-0.1, -0.05) is 0 Å². The summed E-state index contributed by atoms with van der Waals surface area (Å²) in [5, 5.41) is 27.9. The summed E-state index contributed by atoms with van der Waals surface area (Å²) >= 11 is 0. The zero-order chi connectivity index (χ0) is 15.7. The van der Waals surface area contributed by atoms with E-state index in [0.717, 1.165) is 0 Å². The van der Waals surface area contributed by atoms with Gasteiger partial charge in [0.15, 0.2) is 12.0 Å². The first-order valence-corrected chi connectivity index (χ1v) is 6.67. The van der Waals surface area contributed by atoms with Crippen molar-refractivity contribution in [2.24, 2.45) is 0 Å². The molecular formula is C13H15FO8. The highest BCUT2D eigenvalue weighted by atomic mass is 19.1. The molecule has 1 aliphatic carbocycles. The second kappa shape index (κ2) is 6.13. The van der Waals surface area contributed by atoms with Crippen LogP contribution in [-0.4, -0.2) is 54.1 Å². The first-order valence-electron chi connectivity index (χ1n) is 6.67. The van der Waals surface area contributed by atoms with Crippen molar-refractivity contribution >= 4 is 0 Å². The zero-order valence-corrected chi connectivity index (χ0v) is 11.5. The molecule has 0 amide bonds. The number of hydrogen-bond acceptors (Lipinski definition) is 8. The van der Waals surface area contributed by atoms with Crippen molar-refractivity contribution in [3.05, 3.63) is 34.4 Å². The minimum atomic E-state index is -1.11.